The van der Waals surface area contributed by atoms with Gasteiger partial charge in [0.05, 0.1) is 18.4 Å². The van der Waals surface area contributed by atoms with Crippen LogP contribution in [-0.4, -0.2) is 23.6 Å². The summed E-state index contributed by atoms with van der Waals surface area (Å²) < 4.78 is 4.77. The molecule has 0 radical (unpaired) electrons. The van der Waals surface area contributed by atoms with Crippen molar-refractivity contribution in [3.63, 3.8) is 0 Å². The van der Waals surface area contributed by atoms with Crippen LogP contribution in [0.3, 0.4) is 0 Å². The molecule has 2 rings (SSSR count). The van der Waals surface area contributed by atoms with E-state index in [4.69, 9.17) is 4.74 Å². The molecule has 1 aromatic heterocycles. The maximum absolute atomic E-state index is 11.6. The summed E-state index contributed by atoms with van der Waals surface area (Å²) in [5.74, 6) is -0.320. The molecule has 1 aliphatic rings. The molecule has 0 aliphatic heterocycles. The minimum Gasteiger partial charge on any atom is -0.465 e. The lowest BCUT2D eigenvalue weighted by Crippen LogP contribution is -2.50. The van der Waals surface area contributed by atoms with E-state index in [1.165, 1.54) is 26.4 Å². The number of methoxy groups -OCH3 is 1. The molecule has 1 heterocycles. The van der Waals surface area contributed by atoms with Crippen LogP contribution in [-0.2, 0) is 11.3 Å². The fourth-order valence-corrected chi connectivity index (χ4v) is 2.40. The Balaban J connectivity index is 2.07. The largest absolute Gasteiger partial charge is 0.465 e. The average molecular weight is 248 g/mol. The van der Waals surface area contributed by atoms with Crippen molar-refractivity contribution in [1.29, 1.82) is 0 Å². The van der Waals surface area contributed by atoms with Gasteiger partial charge in [-0.15, -0.1) is 0 Å². The van der Waals surface area contributed by atoms with E-state index in [-0.39, 0.29) is 11.5 Å². The highest BCUT2D eigenvalue weighted by atomic mass is 16.5. The molecular weight excluding hydrogens is 228 g/mol. The van der Waals surface area contributed by atoms with E-state index in [2.05, 4.69) is 17.2 Å². The first kappa shape index (κ1) is 13.0. The van der Waals surface area contributed by atoms with E-state index in [9.17, 15) is 4.79 Å². The topological polar surface area (TPSA) is 51.2 Å². The van der Waals surface area contributed by atoms with Gasteiger partial charge in [0, 0.05) is 18.3 Å². The Bertz CT molecular complexity index is 422. The predicted octanol–water partition coefficient (Wildman–Crippen LogP) is 2.29. The summed E-state index contributed by atoms with van der Waals surface area (Å²) in [5, 5.41) is 3.55. The Labute approximate surface area is 108 Å². The van der Waals surface area contributed by atoms with Crippen molar-refractivity contribution >= 4 is 5.97 Å². The smallest absolute Gasteiger partial charge is 0.339 e. The average Bonchev–Trinajstić information content (AvgIpc) is 2.37. The van der Waals surface area contributed by atoms with Crippen LogP contribution in [0.15, 0.2) is 18.3 Å². The summed E-state index contributed by atoms with van der Waals surface area (Å²) in [4.78, 5) is 15.9. The van der Waals surface area contributed by atoms with Crippen LogP contribution in [0.2, 0.25) is 0 Å². The van der Waals surface area contributed by atoms with Crippen LogP contribution in [0.25, 0.3) is 0 Å². The Morgan fingerprint density at radius 2 is 2.33 bits per heavy atom. The molecule has 1 aromatic rings. The molecule has 98 valence electrons. The number of hydrogen-bond acceptors (Lipinski definition) is 4. The molecule has 0 unspecified atom stereocenters. The normalized spacial score (nSPS) is 17.0. The van der Waals surface area contributed by atoms with Crippen molar-refractivity contribution in [1.82, 2.24) is 10.3 Å². The number of nitrogens with zero attached hydrogens (tertiary/aromatic N) is 1. The van der Waals surface area contributed by atoms with Gasteiger partial charge in [-0.1, -0.05) is 6.92 Å². The van der Waals surface area contributed by atoms with Gasteiger partial charge in [0.2, 0.25) is 0 Å². The molecule has 1 aliphatic carbocycles. The molecule has 1 fully saturated rings. The fraction of sp³-hybridized carbons (Fsp3) is 0.571. The molecular formula is C14H20N2O2. The number of ether oxygens (including phenoxy) is 1. The van der Waals surface area contributed by atoms with Crippen LogP contribution in [0.1, 0.15) is 48.7 Å². The lowest BCUT2D eigenvalue weighted by Gasteiger charge is -2.42. The van der Waals surface area contributed by atoms with Gasteiger partial charge in [-0.3, -0.25) is 4.98 Å². The third-order valence-electron chi connectivity index (χ3n) is 3.91. The molecule has 0 saturated heterocycles. The first-order valence-electron chi connectivity index (χ1n) is 6.48. The monoisotopic (exact) mass is 248 g/mol. The first-order valence-corrected chi connectivity index (χ1v) is 6.48. The summed E-state index contributed by atoms with van der Waals surface area (Å²) >= 11 is 0. The maximum atomic E-state index is 11.6. The van der Waals surface area contributed by atoms with Gasteiger partial charge in [0.1, 0.15) is 0 Å². The standard InChI is InChI=1S/C14H20N2O2/c1-3-14(7-5-8-14)16-10-12-11(13(17)18-2)6-4-9-15-12/h4,6,9,16H,3,5,7-8,10H2,1-2H3. The molecule has 0 amide bonds. The molecule has 0 bridgehead atoms. The van der Waals surface area contributed by atoms with Crippen molar-refractivity contribution in [2.24, 2.45) is 0 Å². The number of esters is 1. The van der Waals surface area contributed by atoms with Gasteiger partial charge in [-0.05, 0) is 37.8 Å². The summed E-state index contributed by atoms with van der Waals surface area (Å²) in [7, 11) is 1.39. The zero-order chi connectivity index (χ0) is 13.0. The van der Waals surface area contributed by atoms with Crippen molar-refractivity contribution in [2.75, 3.05) is 7.11 Å². The van der Waals surface area contributed by atoms with Gasteiger partial charge in [0.25, 0.3) is 0 Å². The fourth-order valence-electron chi connectivity index (χ4n) is 2.40. The minimum atomic E-state index is -0.320. The second-order valence-electron chi connectivity index (χ2n) is 4.83. The lowest BCUT2D eigenvalue weighted by molar-refractivity contribution is 0.0598. The van der Waals surface area contributed by atoms with E-state index in [1.807, 2.05) is 0 Å². The highest BCUT2D eigenvalue weighted by Crippen LogP contribution is 2.34. The number of carbonyl (C=O) groups excluding carboxylic acids is 1. The van der Waals surface area contributed by atoms with Crippen LogP contribution < -0.4 is 5.32 Å². The quantitative estimate of drug-likeness (QED) is 0.812. The van der Waals surface area contributed by atoms with Crippen molar-refractivity contribution in [3.8, 4) is 0 Å². The SMILES string of the molecule is CCC1(NCc2ncccc2C(=O)OC)CCC1. The van der Waals surface area contributed by atoms with Crippen LogP contribution >= 0.6 is 0 Å². The predicted molar refractivity (Wildman–Crippen MR) is 69.3 cm³/mol. The zero-order valence-electron chi connectivity index (χ0n) is 11.0. The van der Waals surface area contributed by atoms with Crippen LogP contribution in [0, 0.1) is 0 Å². The molecule has 4 nitrogen and oxygen atoms in total. The molecule has 0 aromatic carbocycles. The van der Waals surface area contributed by atoms with Crippen molar-refractivity contribution < 1.29 is 9.53 Å². The lowest BCUT2D eigenvalue weighted by atomic mass is 9.75. The number of hydrogen-bond donors (Lipinski definition) is 1. The Morgan fingerprint density at radius 3 is 2.89 bits per heavy atom. The van der Waals surface area contributed by atoms with Gasteiger partial charge in [-0.25, -0.2) is 4.79 Å². The number of nitrogens with one attached hydrogen (secondary N) is 1. The van der Waals surface area contributed by atoms with Gasteiger partial charge >= 0.3 is 5.97 Å². The molecule has 18 heavy (non-hydrogen) atoms. The second kappa shape index (κ2) is 5.48. The third-order valence-corrected chi connectivity index (χ3v) is 3.91. The summed E-state index contributed by atoms with van der Waals surface area (Å²) in [6.07, 6.45) is 6.54. The van der Waals surface area contributed by atoms with Gasteiger partial charge < -0.3 is 10.1 Å². The second-order valence-corrected chi connectivity index (χ2v) is 4.83. The number of pyridine rings is 1. The molecule has 4 heteroatoms. The van der Waals surface area contributed by atoms with Gasteiger partial charge in [0.15, 0.2) is 0 Å². The molecule has 0 atom stereocenters. The van der Waals surface area contributed by atoms with E-state index in [1.54, 1.807) is 18.3 Å². The molecule has 1 N–H and O–H groups in total. The Kier molecular flexibility index (Phi) is 3.97. The number of rotatable bonds is 5. The van der Waals surface area contributed by atoms with Gasteiger partial charge in [-0.2, -0.15) is 0 Å². The Morgan fingerprint density at radius 1 is 1.56 bits per heavy atom. The first-order chi connectivity index (χ1) is 8.71. The van der Waals surface area contributed by atoms with E-state index in [0.29, 0.717) is 12.1 Å². The Hall–Kier alpha value is -1.42. The van der Waals surface area contributed by atoms with Crippen molar-refractivity contribution in [3.05, 3.63) is 29.6 Å². The van der Waals surface area contributed by atoms with Crippen LogP contribution in [0.4, 0.5) is 0 Å². The molecule has 0 spiro atoms. The van der Waals surface area contributed by atoms with E-state index < -0.39 is 0 Å². The zero-order valence-corrected chi connectivity index (χ0v) is 11.0. The highest BCUT2D eigenvalue weighted by molar-refractivity contribution is 5.90. The van der Waals surface area contributed by atoms with E-state index >= 15 is 0 Å². The van der Waals surface area contributed by atoms with E-state index in [0.717, 1.165) is 12.1 Å². The highest BCUT2D eigenvalue weighted by Gasteiger charge is 2.34. The summed E-state index contributed by atoms with van der Waals surface area (Å²) in [6.45, 7) is 2.82. The summed E-state index contributed by atoms with van der Waals surface area (Å²) in [5.41, 5.74) is 1.58. The molecule has 1 saturated carbocycles. The van der Waals surface area contributed by atoms with Crippen molar-refractivity contribution in [2.45, 2.75) is 44.7 Å². The maximum Gasteiger partial charge on any atom is 0.339 e. The number of carbonyl (C=O) groups is 1. The number of aromatic nitrogens is 1. The van der Waals surface area contributed by atoms with Crippen LogP contribution in [0.5, 0.6) is 0 Å². The summed E-state index contributed by atoms with van der Waals surface area (Å²) in [6, 6.07) is 3.52. The minimum absolute atomic E-state index is 0.255. The third kappa shape index (κ3) is 2.53.